The zero-order chi connectivity index (χ0) is 13.7. The molecule has 0 radical (unpaired) electrons. The molecule has 0 amide bonds. The lowest BCUT2D eigenvalue weighted by atomic mass is 10.1. The molecule has 1 unspecified atom stereocenters. The van der Waals surface area contributed by atoms with E-state index in [0.717, 1.165) is 44.2 Å². The van der Waals surface area contributed by atoms with Crippen LogP contribution in [0, 0.1) is 0 Å². The quantitative estimate of drug-likeness (QED) is 0.823. The van der Waals surface area contributed by atoms with Crippen LogP contribution in [0.1, 0.15) is 64.1 Å². The Morgan fingerprint density at radius 2 is 2.16 bits per heavy atom. The number of aliphatic hydroxyl groups is 1. The van der Waals surface area contributed by atoms with Gasteiger partial charge in [-0.1, -0.05) is 31.9 Å². The average Bonchev–Trinajstić information content (AvgIpc) is 2.74. The minimum atomic E-state index is -0.251. The topological polar surface area (TPSA) is 38.0 Å². The Kier molecular flexibility index (Phi) is 5.20. The van der Waals surface area contributed by atoms with Crippen LogP contribution in [0.25, 0.3) is 0 Å². The van der Waals surface area contributed by atoms with Crippen LogP contribution >= 0.6 is 0 Å². The zero-order valence-electron chi connectivity index (χ0n) is 12.2. The van der Waals surface area contributed by atoms with Gasteiger partial charge in [-0.3, -0.25) is 4.68 Å². The highest BCUT2D eigenvalue weighted by Gasteiger charge is 2.12. The maximum atomic E-state index is 9.81. The van der Waals surface area contributed by atoms with Gasteiger partial charge in [0.15, 0.2) is 0 Å². The highest BCUT2D eigenvalue weighted by atomic mass is 16.3. The first-order valence-corrected chi connectivity index (χ1v) is 7.64. The van der Waals surface area contributed by atoms with E-state index in [1.807, 2.05) is 6.08 Å². The van der Waals surface area contributed by atoms with Gasteiger partial charge in [0.05, 0.1) is 17.8 Å². The molecule has 3 nitrogen and oxygen atoms in total. The van der Waals surface area contributed by atoms with Crippen molar-refractivity contribution in [1.29, 1.82) is 0 Å². The summed E-state index contributed by atoms with van der Waals surface area (Å²) in [7, 11) is 0. The monoisotopic (exact) mass is 262 g/mol. The van der Waals surface area contributed by atoms with Crippen LogP contribution in [0.4, 0.5) is 0 Å². The Bertz CT molecular complexity index is 418. The van der Waals surface area contributed by atoms with Gasteiger partial charge in [-0.05, 0) is 38.2 Å². The Hall–Kier alpha value is -1.09. The van der Waals surface area contributed by atoms with E-state index in [2.05, 4.69) is 30.8 Å². The lowest BCUT2D eigenvalue weighted by molar-refractivity contribution is 0.211. The molecular formula is C16H26N2O. The molecule has 19 heavy (non-hydrogen) atoms. The molecule has 1 aromatic heterocycles. The molecule has 0 bridgehead atoms. The van der Waals surface area contributed by atoms with Crippen LogP contribution in [-0.4, -0.2) is 21.0 Å². The molecule has 1 aromatic rings. The van der Waals surface area contributed by atoms with Gasteiger partial charge in [-0.25, -0.2) is 0 Å². The molecule has 1 N–H and O–H groups in total. The molecule has 0 saturated heterocycles. The molecule has 0 aromatic carbocycles. The first kappa shape index (κ1) is 14.3. The van der Waals surface area contributed by atoms with Gasteiger partial charge in [0.25, 0.3) is 0 Å². The highest BCUT2D eigenvalue weighted by molar-refractivity contribution is 5.16. The summed E-state index contributed by atoms with van der Waals surface area (Å²) in [6, 6.07) is 2.64. The summed E-state index contributed by atoms with van der Waals surface area (Å²) < 4.78 is 2.10. The van der Waals surface area contributed by atoms with Crippen LogP contribution in [0.2, 0.25) is 0 Å². The second kappa shape index (κ2) is 6.90. The Balaban J connectivity index is 2.03. The van der Waals surface area contributed by atoms with Crippen LogP contribution < -0.4 is 0 Å². The fourth-order valence-electron chi connectivity index (χ4n) is 2.86. The predicted molar refractivity (Wildman–Crippen MR) is 78.1 cm³/mol. The second-order valence-electron chi connectivity index (χ2n) is 5.57. The minimum Gasteiger partial charge on any atom is -0.389 e. The zero-order valence-corrected chi connectivity index (χ0v) is 12.2. The van der Waals surface area contributed by atoms with E-state index in [1.165, 1.54) is 12.0 Å². The largest absolute Gasteiger partial charge is 0.389 e. The van der Waals surface area contributed by atoms with E-state index in [9.17, 15) is 5.11 Å². The SMILES string of the molecule is CCC(CC)n1ccc(CC2=CC(O)CCCC2)n1. The molecule has 0 aliphatic heterocycles. The standard InChI is InChI=1S/C16H26N2O/c1-3-15(4-2)18-10-9-14(17-18)11-13-7-5-6-8-16(19)12-13/h9-10,12,15-16,19H,3-8,11H2,1-2H3. The van der Waals surface area contributed by atoms with Gasteiger partial charge < -0.3 is 5.11 Å². The molecule has 0 spiro atoms. The Morgan fingerprint density at radius 1 is 1.37 bits per heavy atom. The van der Waals surface area contributed by atoms with Crippen LogP contribution in [0.3, 0.4) is 0 Å². The van der Waals surface area contributed by atoms with Gasteiger partial charge in [0.2, 0.25) is 0 Å². The smallest absolute Gasteiger partial charge is 0.0723 e. The van der Waals surface area contributed by atoms with Gasteiger partial charge in [0.1, 0.15) is 0 Å². The molecule has 1 heterocycles. The van der Waals surface area contributed by atoms with E-state index < -0.39 is 0 Å². The summed E-state index contributed by atoms with van der Waals surface area (Å²) >= 11 is 0. The predicted octanol–water partition coefficient (Wildman–Crippen LogP) is 3.65. The number of hydrogen-bond donors (Lipinski definition) is 1. The normalized spacial score (nSPS) is 20.4. The molecule has 106 valence electrons. The first-order chi connectivity index (χ1) is 9.22. The van der Waals surface area contributed by atoms with Crippen molar-refractivity contribution in [2.75, 3.05) is 0 Å². The van der Waals surface area contributed by atoms with Crippen molar-refractivity contribution in [3.05, 3.63) is 29.6 Å². The highest BCUT2D eigenvalue weighted by Crippen LogP contribution is 2.21. The van der Waals surface area contributed by atoms with Gasteiger partial charge >= 0.3 is 0 Å². The third kappa shape index (κ3) is 3.93. The van der Waals surface area contributed by atoms with Crippen molar-refractivity contribution < 1.29 is 5.11 Å². The second-order valence-corrected chi connectivity index (χ2v) is 5.57. The van der Waals surface area contributed by atoms with Crippen molar-refractivity contribution in [2.45, 2.75) is 70.9 Å². The molecule has 1 atom stereocenters. The van der Waals surface area contributed by atoms with Crippen molar-refractivity contribution in [2.24, 2.45) is 0 Å². The maximum Gasteiger partial charge on any atom is 0.0723 e. The number of rotatable bonds is 5. The van der Waals surface area contributed by atoms with Crippen LogP contribution in [-0.2, 0) is 6.42 Å². The van der Waals surface area contributed by atoms with Gasteiger partial charge in [0, 0.05) is 12.6 Å². The summed E-state index contributed by atoms with van der Waals surface area (Å²) in [6.45, 7) is 4.42. The minimum absolute atomic E-state index is 0.251. The van der Waals surface area contributed by atoms with Crippen molar-refractivity contribution in [3.8, 4) is 0 Å². The van der Waals surface area contributed by atoms with E-state index in [0.29, 0.717) is 6.04 Å². The Labute approximate surface area is 116 Å². The maximum absolute atomic E-state index is 9.81. The number of aromatic nitrogens is 2. The molecule has 3 heteroatoms. The average molecular weight is 262 g/mol. The summed E-state index contributed by atoms with van der Waals surface area (Å²) in [5.74, 6) is 0. The fourth-order valence-corrected chi connectivity index (χ4v) is 2.86. The first-order valence-electron chi connectivity index (χ1n) is 7.64. The third-order valence-corrected chi connectivity index (χ3v) is 4.06. The fraction of sp³-hybridized carbons (Fsp3) is 0.688. The lowest BCUT2D eigenvalue weighted by Crippen LogP contribution is -2.08. The van der Waals surface area contributed by atoms with Crippen LogP contribution in [0.5, 0.6) is 0 Å². The molecular weight excluding hydrogens is 236 g/mol. The van der Waals surface area contributed by atoms with E-state index >= 15 is 0 Å². The number of aliphatic hydroxyl groups excluding tert-OH is 1. The van der Waals surface area contributed by atoms with Crippen LogP contribution in [0.15, 0.2) is 23.9 Å². The number of allylic oxidation sites excluding steroid dienone is 1. The van der Waals surface area contributed by atoms with Crippen molar-refractivity contribution >= 4 is 0 Å². The third-order valence-electron chi connectivity index (χ3n) is 4.06. The van der Waals surface area contributed by atoms with Crippen molar-refractivity contribution in [3.63, 3.8) is 0 Å². The molecule has 2 rings (SSSR count). The van der Waals surface area contributed by atoms with E-state index in [4.69, 9.17) is 5.10 Å². The van der Waals surface area contributed by atoms with Gasteiger partial charge in [-0.15, -0.1) is 0 Å². The summed E-state index contributed by atoms with van der Waals surface area (Å²) in [4.78, 5) is 0. The summed E-state index contributed by atoms with van der Waals surface area (Å²) in [5, 5.41) is 14.5. The number of hydrogen-bond acceptors (Lipinski definition) is 2. The molecule has 1 aliphatic rings. The summed E-state index contributed by atoms with van der Waals surface area (Å²) in [5.41, 5.74) is 2.48. The lowest BCUT2D eigenvalue weighted by Gasteiger charge is -2.12. The van der Waals surface area contributed by atoms with Gasteiger partial charge in [-0.2, -0.15) is 5.10 Å². The Morgan fingerprint density at radius 3 is 2.89 bits per heavy atom. The summed E-state index contributed by atoms with van der Waals surface area (Å²) in [6.07, 6.45) is 11.4. The molecule has 1 aliphatic carbocycles. The van der Waals surface area contributed by atoms with E-state index in [1.54, 1.807) is 0 Å². The molecule has 0 saturated carbocycles. The molecule has 0 fully saturated rings. The van der Waals surface area contributed by atoms with E-state index in [-0.39, 0.29) is 6.10 Å². The van der Waals surface area contributed by atoms with Crippen molar-refractivity contribution in [1.82, 2.24) is 9.78 Å². The number of nitrogens with zero attached hydrogens (tertiary/aromatic N) is 2.